The molecule has 3 N–H and O–H groups in total. The Labute approximate surface area is 222 Å². The molecule has 6 nitrogen and oxygen atoms in total. The third kappa shape index (κ3) is 22.6. The topological polar surface area (TPSA) is 87.3 Å². The zero-order valence-electron chi connectivity index (χ0n) is 23.8. The molecule has 0 saturated heterocycles. The van der Waals surface area contributed by atoms with Gasteiger partial charge in [0, 0.05) is 19.5 Å². The van der Waals surface area contributed by atoms with Gasteiger partial charge in [-0.15, -0.1) is 0 Å². The highest BCUT2D eigenvalue weighted by Crippen LogP contribution is 2.12. The van der Waals surface area contributed by atoms with Gasteiger partial charge in [0.2, 0.25) is 17.7 Å². The predicted octanol–water partition coefficient (Wildman–Crippen LogP) is 6.73. The first-order chi connectivity index (χ1) is 17.5. The van der Waals surface area contributed by atoms with Crippen molar-refractivity contribution in [1.29, 1.82) is 0 Å². The molecule has 0 saturated carbocycles. The van der Waals surface area contributed by atoms with Crippen LogP contribution in [0.4, 0.5) is 0 Å². The Kier molecular flexibility index (Phi) is 24.9. The third-order valence-corrected chi connectivity index (χ3v) is 6.47. The van der Waals surface area contributed by atoms with E-state index < -0.39 is 6.04 Å². The van der Waals surface area contributed by atoms with Crippen LogP contribution in [0.15, 0.2) is 12.2 Å². The molecule has 0 aliphatic heterocycles. The number of rotatable bonds is 25. The number of unbranched alkanes of at least 4 members (excludes halogenated alkanes) is 14. The van der Waals surface area contributed by atoms with Crippen LogP contribution in [0, 0.1) is 0 Å². The molecule has 3 amide bonds. The zero-order chi connectivity index (χ0) is 26.7. The average molecular weight is 508 g/mol. The summed E-state index contributed by atoms with van der Waals surface area (Å²) in [5.74, 6) is -0.560. The van der Waals surface area contributed by atoms with Gasteiger partial charge in [-0.3, -0.25) is 14.4 Å². The van der Waals surface area contributed by atoms with Gasteiger partial charge in [0.05, 0.1) is 0 Å². The number of nitrogens with one attached hydrogen (secondary N) is 3. The first-order valence-electron chi connectivity index (χ1n) is 15.1. The van der Waals surface area contributed by atoms with Crippen molar-refractivity contribution in [2.75, 3.05) is 13.1 Å². The molecule has 0 unspecified atom stereocenters. The van der Waals surface area contributed by atoms with E-state index in [0.717, 1.165) is 38.5 Å². The summed E-state index contributed by atoms with van der Waals surface area (Å²) in [5.41, 5.74) is 0. The van der Waals surface area contributed by atoms with Crippen LogP contribution in [0.5, 0.6) is 0 Å². The molecule has 0 aliphatic rings. The van der Waals surface area contributed by atoms with E-state index in [9.17, 15) is 14.4 Å². The van der Waals surface area contributed by atoms with Crippen molar-refractivity contribution < 1.29 is 14.4 Å². The first-order valence-corrected chi connectivity index (χ1v) is 15.1. The smallest absolute Gasteiger partial charge is 0.244 e. The largest absolute Gasteiger partial charge is 0.356 e. The Morgan fingerprint density at radius 3 is 1.69 bits per heavy atom. The molecule has 0 aromatic heterocycles. The minimum Gasteiger partial charge on any atom is -0.356 e. The molecular weight excluding hydrogens is 450 g/mol. The van der Waals surface area contributed by atoms with E-state index in [4.69, 9.17) is 0 Å². The lowest BCUT2D eigenvalue weighted by Crippen LogP contribution is -2.47. The quantitative estimate of drug-likeness (QED) is 0.0945. The molecule has 210 valence electrons. The maximum absolute atomic E-state index is 12.5. The first kappa shape index (κ1) is 34.1. The van der Waals surface area contributed by atoms with E-state index in [2.05, 4.69) is 36.7 Å². The van der Waals surface area contributed by atoms with E-state index in [1.807, 2.05) is 6.08 Å². The fourth-order valence-corrected chi connectivity index (χ4v) is 4.06. The minimum absolute atomic E-state index is 0.0772. The Morgan fingerprint density at radius 2 is 1.14 bits per heavy atom. The third-order valence-electron chi connectivity index (χ3n) is 6.47. The molecule has 0 rings (SSSR count). The molecule has 0 aliphatic carbocycles. The standard InChI is InChI=1S/C30H57N3O3/c1-4-7-10-11-12-13-14-15-16-17-18-19-20-21-22-29(35)33-27(30(36)32-26-9-6-3)23-24-28(34)31-25-8-5-2/h21-22,27H,4-20,23-26H2,1-3H3,(H,31,34)(H,32,36)(H,33,35)/b22-21+/t27-/m0/s1. The van der Waals surface area contributed by atoms with E-state index in [1.54, 1.807) is 0 Å². The molecule has 0 radical (unpaired) electrons. The Bertz CT molecular complexity index is 578. The molecule has 0 fully saturated rings. The van der Waals surface area contributed by atoms with Crippen LogP contribution in [0.1, 0.15) is 143 Å². The highest BCUT2D eigenvalue weighted by Gasteiger charge is 2.20. The number of carbonyl (C=O) groups excluding carboxylic acids is 3. The lowest BCUT2D eigenvalue weighted by molar-refractivity contribution is -0.128. The molecule has 0 heterocycles. The molecule has 0 spiro atoms. The Morgan fingerprint density at radius 1 is 0.639 bits per heavy atom. The van der Waals surface area contributed by atoms with Crippen LogP contribution in [0.3, 0.4) is 0 Å². The van der Waals surface area contributed by atoms with Crippen molar-refractivity contribution in [3.8, 4) is 0 Å². The SMILES string of the molecule is CCCCCCCCCCCCCC/C=C/C(=O)N[C@@H](CCC(=O)NCCCC)C(=O)NCCCC. The number of amides is 3. The van der Waals surface area contributed by atoms with Crippen LogP contribution < -0.4 is 16.0 Å². The van der Waals surface area contributed by atoms with Crippen molar-refractivity contribution in [2.24, 2.45) is 0 Å². The van der Waals surface area contributed by atoms with Crippen molar-refractivity contribution in [2.45, 2.75) is 149 Å². The summed E-state index contributed by atoms with van der Waals surface area (Å²) in [6.07, 6.45) is 24.4. The summed E-state index contributed by atoms with van der Waals surface area (Å²) in [6, 6.07) is -0.692. The fourth-order valence-electron chi connectivity index (χ4n) is 4.06. The molecule has 6 heteroatoms. The highest BCUT2D eigenvalue weighted by molar-refractivity contribution is 5.93. The van der Waals surface area contributed by atoms with Gasteiger partial charge in [-0.05, 0) is 38.2 Å². The lowest BCUT2D eigenvalue weighted by Gasteiger charge is -2.17. The van der Waals surface area contributed by atoms with Gasteiger partial charge in [-0.25, -0.2) is 0 Å². The van der Waals surface area contributed by atoms with Gasteiger partial charge < -0.3 is 16.0 Å². The monoisotopic (exact) mass is 507 g/mol. The highest BCUT2D eigenvalue weighted by atomic mass is 16.2. The molecule has 0 aromatic carbocycles. The number of carbonyl (C=O) groups is 3. The van der Waals surface area contributed by atoms with Gasteiger partial charge in [-0.1, -0.05) is 110 Å². The summed E-state index contributed by atoms with van der Waals surface area (Å²) in [6.45, 7) is 7.63. The lowest BCUT2D eigenvalue weighted by atomic mass is 10.0. The maximum Gasteiger partial charge on any atom is 0.244 e. The van der Waals surface area contributed by atoms with Gasteiger partial charge in [0.15, 0.2) is 0 Å². The molecular formula is C30H57N3O3. The van der Waals surface area contributed by atoms with E-state index in [-0.39, 0.29) is 24.1 Å². The predicted molar refractivity (Wildman–Crippen MR) is 152 cm³/mol. The van der Waals surface area contributed by atoms with Crippen LogP contribution >= 0.6 is 0 Å². The average Bonchev–Trinajstić information content (AvgIpc) is 2.87. The normalized spacial score (nSPS) is 12.0. The summed E-state index contributed by atoms with van der Waals surface area (Å²) in [5, 5.41) is 8.54. The van der Waals surface area contributed by atoms with Crippen molar-refractivity contribution in [1.82, 2.24) is 16.0 Å². The summed E-state index contributed by atoms with van der Waals surface area (Å²) >= 11 is 0. The maximum atomic E-state index is 12.5. The fraction of sp³-hybridized carbons (Fsp3) is 0.833. The minimum atomic E-state index is -0.692. The second kappa shape index (κ2) is 26.2. The van der Waals surface area contributed by atoms with Crippen molar-refractivity contribution in [3.05, 3.63) is 12.2 Å². The van der Waals surface area contributed by atoms with Gasteiger partial charge in [0.25, 0.3) is 0 Å². The van der Waals surface area contributed by atoms with E-state index in [0.29, 0.717) is 19.5 Å². The van der Waals surface area contributed by atoms with E-state index >= 15 is 0 Å². The molecule has 1 atom stereocenters. The van der Waals surface area contributed by atoms with Gasteiger partial charge in [-0.2, -0.15) is 0 Å². The Balaban J connectivity index is 4.12. The molecule has 36 heavy (non-hydrogen) atoms. The van der Waals surface area contributed by atoms with Crippen LogP contribution in [0.2, 0.25) is 0 Å². The molecule has 0 aromatic rings. The summed E-state index contributed by atoms with van der Waals surface area (Å²) in [7, 11) is 0. The molecule has 0 bridgehead atoms. The van der Waals surface area contributed by atoms with Crippen LogP contribution in [-0.2, 0) is 14.4 Å². The van der Waals surface area contributed by atoms with Crippen molar-refractivity contribution >= 4 is 17.7 Å². The number of hydrogen-bond acceptors (Lipinski definition) is 3. The zero-order valence-corrected chi connectivity index (χ0v) is 23.8. The van der Waals surface area contributed by atoms with Gasteiger partial charge in [0.1, 0.15) is 6.04 Å². The second-order valence-electron chi connectivity index (χ2n) is 10.0. The number of hydrogen-bond donors (Lipinski definition) is 3. The summed E-state index contributed by atoms with van der Waals surface area (Å²) in [4.78, 5) is 37.0. The van der Waals surface area contributed by atoms with Gasteiger partial charge >= 0.3 is 0 Å². The van der Waals surface area contributed by atoms with Crippen LogP contribution in [0.25, 0.3) is 0 Å². The number of allylic oxidation sites excluding steroid dienone is 1. The van der Waals surface area contributed by atoms with E-state index in [1.165, 1.54) is 76.7 Å². The Hall–Kier alpha value is -1.85. The second-order valence-corrected chi connectivity index (χ2v) is 10.0. The van der Waals surface area contributed by atoms with Crippen LogP contribution in [-0.4, -0.2) is 36.9 Å². The summed E-state index contributed by atoms with van der Waals surface area (Å²) < 4.78 is 0. The van der Waals surface area contributed by atoms with Crippen molar-refractivity contribution in [3.63, 3.8) is 0 Å².